The van der Waals surface area contributed by atoms with Gasteiger partial charge in [0.2, 0.25) is 0 Å². The third-order valence-electron chi connectivity index (χ3n) is 3.16. The standard InChI is InChI=1S/C14H18ClN3O3/c1-17(2)14(20)16-7-12-8-18(13(19)9-21-12)11-5-3-10(15)4-6-11/h3-6,12H,7-9H2,1-2H3,(H,16,20). The van der Waals surface area contributed by atoms with Crippen LogP contribution in [-0.2, 0) is 9.53 Å². The van der Waals surface area contributed by atoms with E-state index in [1.54, 1.807) is 43.3 Å². The fraction of sp³-hybridized carbons (Fsp3) is 0.429. The number of benzene rings is 1. The van der Waals surface area contributed by atoms with E-state index in [9.17, 15) is 9.59 Å². The molecule has 2 rings (SSSR count). The summed E-state index contributed by atoms with van der Waals surface area (Å²) in [4.78, 5) is 26.5. The Morgan fingerprint density at radius 3 is 2.71 bits per heavy atom. The number of halogens is 1. The molecule has 114 valence electrons. The maximum Gasteiger partial charge on any atom is 0.316 e. The predicted molar refractivity (Wildman–Crippen MR) is 80.6 cm³/mol. The molecule has 3 amide bonds. The molecule has 1 heterocycles. The van der Waals surface area contributed by atoms with E-state index in [1.165, 1.54) is 4.90 Å². The van der Waals surface area contributed by atoms with Crippen molar-refractivity contribution in [3.8, 4) is 0 Å². The first-order valence-electron chi connectivity index (χ1n) is 6.60. The van der Waals surface area contributed by atoms with Gasteiger partial charge in [0.1, 0.15) is 6.61 Å². The van der Waals surface area contributed by atoms with Gasteiger partial charge in [0.25, 0.3) is 5.91 Å². The Labute approximate surface area is 128 Å². The summed E-state index contributed by atoms with van der Waals surface area (Å²) in [6, 6.07) is 6.88. The topological polar surface area (TPSA) is 61.9 Å². The van der Waals surface area contributed by atoms with E-state index < -0.39 is 0 Å². The van der Waals surface area contributed by atoms with Gasteiger partial charge in [0.05, 0.1) is 12.6 Å². The number of hydrogen-bond acceptors (Lipinski definition) is 3. The van der Waals surface area contributed by atoms with Crippen molar-refractivity contribution >= 4 is 29.2 Å². The smallest absolute Gasteiger partial charge is 0.316 e. The first-order valence-corrected chi connectivity index (χ1v) is 6.98. The molecule has 0 aliphatic carbocycles. The number of urea groups is 1. The summed E-state index contributed by atoms with van der Waals surface area (Å²) in [7, 11) is 3.33. The van der Waals surface area contributed by atoms with Gasteiger partial charge in [-0.3, -0.25) is 4.79 Å². The molecule has 1 aromatic carbocycles. The minimum absolute atomic E-state index is 0.00509. The lowest BCUT2D eigenvalue weighted by Gasteiger charge is -2.33. The summed E-state index contributed by atoms with van der Waals surface area (Å²) >= 11 is 5.85. The van der Waals surface area contributed by atoms with E-state index in [1.807, 2.05) is 0 Å². The highest BCUT2D eigenvalue weighted by Crippen LogP contribution is 2.20. The van der Waals surface area contributed by atoms with Crippen molar-refractivity contribution in [1.82, 2.24) is 10.2 Å². The van der Waals surface area contributed by atoms with Crippen LogP contribution < -0.4 is 10.2 Å². The van der Waals surface area contributed by atoms with Gasteiger partial charge in [0.15, 0.2) is 0 Å². The quantitative estimate of drug-likeness (QED) is 0.916. The number of morpholine rings is 1. The van der Waals surface area contributed by atoms with Crippen LogP contribution in [0, 0.1) is 0 Å². The van der Waals surface area contributed by atoms with Crippen LogP contribution in [0.2, 0.25) is 5.02 Å². The molecule has 21 heavy (non-hydrogen) atoms. The first kappa shape index (κ1) is 15.6. The zero-order valence-corrected chi connectivity index (χ0v) is 12.8. The van der Waals surface area contributed by atoms with Gasteiger partial charge in [-0.1, -0.05) is 11.6 Å². The van der Waals surface area contributed by atoms with E-state index >= 15 is 0 Å². The first-order chi connectivity index (χ1) is 9.97. The Balaban J connectivity index is 1.97. The van der Waals surface area contributed by atoms with Gasteiger partial charge in [-0.25, -0.2) is 4.79 Å². The number of carbonyl (C=O) groups is 2. The van der Waals surface area contributed by atoms with Crippen LogP contribution in [0.25, 0.3) is 0 Å². The highest BCUT2D eigenvalue weighted by Gasteiger charge is 2.27. The normalized spacial score (nSPS) is 18.5. The molecular weight excluding hydrogens is 294 g/mol. The summed E-state index contributed by atoms with van der Waals surface area (Å²) < 4.78 is 5.45. The Hall–Kier alpha value is -1.79. The predicted octanol–water partition coefficient (Wildman–Crippen LogP) is 1.34. The van der Waals surface area contributed by atoms with Crippen LogP contribution in [0.3, 0.4) is 0 Å². The lowest BCUT2D eigenvalue weighted by Crippen LogP contribution is -2.51. The fourth-order valence-corrected chi connectivity index (χ4v) is 2.10. The number of nitrogens with one attached hydrogen (secondary N) is 1. The third-order valence-corrected chi connectivity index (χ3v) is 3.41. The number of anilines is 1. The van der Waals surface area contributed by atoms with Crippen molar-refractivity contribution in [2.75, 3.05) is 38.7 Å². The highest BCUT2D eigenvalue weighted by molar-refractivity contribution is 6.30. The van der Waals surface area contributed by atoms with Gasteiger partial charge in [-0.15, -0.1) is 0 Å². The molecule has 0 aromatic heterocycles. The van der Waals surface area contributed by atoms with Crippen LogP contribution >= 0.6 is 11.6 Å². The van der Waals surface area contributed by atoms with Crippen LogP contribution in [0.4, 0.5) is 10.5 Å². The SMILES string of the molecule is CN(C)C(=O)NCC1CN(c2ccc(Cl)cc2)C(=O)CO1. The molecule has 1 fully saturated rings. The molecule has 0 saturated carbocycles. The molecule has 1 saturated heterocycles. The van der Waals surface area contributed by atoms with E-state index in [-0.39, 0.29) is 24.6 Å². The van der Waals surface area contributed by atoms with E-state index in [0.29, 0.717) is 18.1 Å². The lowest BCUT2D eigenvalue weighted by molar-refractivity contribution is -0.129. The molecule has 0 spiro atoms. The van der Waals surface area contributed by atoms with Crippen LogP contribution in [-0.4, -0.2) is 56.7 Å². The monoisotopic (exact) mass is 311 g/mol. The Bertz CT molecular complexity index is 519. The molecular formula is C14H18ClN3O3. The summed E-state index contributed by atoms with van der Waals surface area (Å²) in [5.41, 5.74) is 0.775. The van der Waals surface area contributed by atoms with Gasteiger partial charge in [-0.05, 0) is 24.3 Å². The van der Waals surface area contributed by atoms with Gasteiger partial charge < -0.3 is 19.9 Å². The Morgan fingerprint density at radius 2 is 2.10 bits per heavy atom. The largest absolute Gasteiger partial charge is 0.365 e. The molecule has 1 aliphatic rings. The Kier molecular flexibility index (Phi) is 5.03. The highest BCUT2D eigenvalue weighted by atomic mass is 35.5. The molecule has 7 heteroatoms. The fourth-order valence-electron chi connectivity index (χ4n) is 1.98. The summed E-state index contributed by atoms with van der Waals surface area (Å²) in [5.74, 6) is -0.104. The average molecular weight is 312 g/mol. The molecule has 6 nitrogen and oxygen atoms in total. The molecule has 0 radical (unpaired) electrons. The van der Waals surface area contributed by atoms with Crippen molar-refractivity contribution in [2.24, 2.45) is 0 Å². The second kappa shape index (κ2) is 6.78. The molecule has 1 aliphatic heterocycles. The Morgan fingerprint density at radius 1 is 1.43 bits per heavy atom. The zero-order valence-electron chi connectivity index (χ0n) is 12.0. The lowest BCUT2D eigenvalue weighted by atomic mass is 10.2. The van der Waals surface area contributed by atoms with E-state index in [2.05, 4.69) is 5.32 Å². The zero-order chi connectivity index (χ0) is 15.4. The minimum atomic E-state index is -0.234. The van der Waals surface area contributed by atoms with Crippen LogP contribution in [0.5, 0.6) is 0 Å². The maximum atomic E-state index is 11.9. The van der Waals surface area contributed by atoms with E-state index in [4.69, 9.17) is 16.3 Å². The van der Waals surface area contributed by atoms with Crippen molar-refractivity contribution in [2.45, 2.75) is 6.10 Å². The van der Waals surface area contributed by atoms with Gasteiger partial charge in [-0.2, -0.15) is 0 Å². The third kappa shape index (κ3) is 4.09. The van der Waals surface area contributed by atoms with Crippen molar-refractivity contribution in [3.05, 3.63) is 29.3 Å². The number of amides is 3. The molecule has 1 aromatic rings. The number of ether oxygens (including phenoxy) is 1. The number of rotatable bonds is 3. The summed E-state index contributed by atoms with van der Waals surface area (Å²) in [6.07, 6.45) is -0.234. The molecule has 1 unspecified atom stereocenters. The second-order valence-corrected chi connectivity index (χ2v) is 5.43. The minimum Gasteiger partial charge on any atom is -0.365 e. The molecule has 1 atom stereocenters. The number of nitrogens with zero attached hydrogens (tertiary/aromatic N) is 2. The summed E-state index contributed by atoms with van der Waals surface area (Å²) in [6.45, 7) is 0.758. The van der Waals surface area contributed by atoms with Crippen LogP contribution in [0.15, 0.2) is 24.3 Å². The van der Waals surface area contributed by atoms with Crippen molar-refractivity contribution < 1.29 is 14.3 Å². The molecule has 1 N–H and O–H groups in total. The van der Waals surface area contributed by atoms with E-state index in [0.717, 1.165) is 5.69 Å². The summed E-state index contributed by atoms with van der Waals surface area (Å²) in [5, 5.41) is 3.37. The number of hydrogen-bond donors (Lipinski definition) is 1. The van der Waals surface area contributed by atoms with Crippen LogP contribution in [0.1, 0.15) is 0 Å². The molecule has 0 bridgehead atoms. The van der Waals surface area contributed by atoms with Gasteiger partial charge >= 0.3 is 6.03 Å². The van der Waals surface area contributed by atoms with Gasteiger partial charge in [0, 0.05) is 31.4 Å². The average Bonchev–Trinajstić information content (AvgIpc) is 2.47. The second-order valence-electron chi connectivity index (χ2n) is 4.99. The number of carbonyl (C=O) groups excluding carboxylic acids is 2. The van der Waals surface area contributed by atoms with Crippen molar-refractivity contribution in [3.63, 3.8) is 0 Å². The maximum absolute atomic E-state index is 11.9. The van der Waals surface area contributed by atoms with Crippen molar-refractivity contribution in [1.29, 1.82) is 0 Å².